The van der Waals surface area contributed by atoms with Crippen molar-refractivity contribution in [2.75, 3.05) is 6.54 Å². The molecule has 1 aliphatic rings. The van der Waals surface area contributed by atoms with Gasteiger partial charge in [0.2, 0.25) is 10.0 Å². The second-order valence-corrected chi connectivity index (χ2v) is 7.20. The van der Waals surface area contributed by atoms with E-state index in [1.165, 1.54) is 0 Å². The molecule has 0 unspecified atom stereocenters. The molecule has 5 heteroatoms. The van der Waals surface area contributed by atoms with Crippen molar-refractivity contribution in [3.63, 3.8) is 0 Å². The van der Waals surface area contributed by atoms with Crippen LogP contribution in [0.1, 0.15) is 38.2 Å². The molecule has 3 N–H and O–H groups in total. The van der Waals surface area contributed by atoms with Crippen LogP contribution in [0, 0.1) is 0 Å². The van der Waals surface area contributed by atoms with E-state index in [1.54, 1.807) is 12.1 Å². The molecule has 4 nitrogen and oxygen atoms in total. The predicted molar refractivity (Wildman–Crippen MR) is 76.4 cm³/mol. The minimum Gasteiger partial charge on any atom is -0.324 e. The second-order valence-electron chi connectivity index (χ2n) is 5.43. The molecule has 1 fully saturated rings. The Balaban J connectivity index is 2.02. The molecule has 1 aliphatic carbocycles. The fourth-order valence-electron chi connectivity index (χ4n) is 2.25. The third-order valence-corrected chi connectivity index (χ3v) is 5.15. The van der Waals surface area contributed by atoms with Gasteiger partial charge in [-0.2, -0.15) is 0 Å². The molecule has 0 atom stereocenters. The third-order valence-electron chi connectivity index (χ3n) is 3.74. The lowest BCUT2D eigenvalue weighted by molar-refractivity contribution is 0.251. The Morgan fingerprint density at radius 3 is 2.37 bits per heavy atom. The lowest BCUT2D eigenvalue weighted by Crippen LogP contribution is -2.54. The van der Waals surface area contributed by atoms with Crippen molar-refractivity contribution in [1.82, 2.24) is 4.72 Å². The molecule has 0 aliphatic heterocycles. The van der Waals surface area contributed by atoms with E-state index in [9.17, 15) is 8.42 Å². The molecular formula is C14H22N2O2S. The number of nitrogens with two attached hydrogens (primary N) is 1. The van der Waals surface area contributed by atoms with Gasteiger partial charge < -0.3 is 5.73 Å². The minimum absolute atomic E-state index is 0.315. The molecule has 0 saturated heterocycles. The smallest absolute Gasteiger partial charge is 0.240 e. The number of nitrogens with one attached hydrogen (secondary N) is 1. The molecule has 1 saturated carbocycles. The maximum Gasteiger partial charge on any atom is 0.240 e. The summed E-state index contributed by atoms with van der Waals surface area (Å²) in [4.78, 5) is 0.315. The standard InChI is InChI=1S/C14H22N2O2S/c1-2-4-12-5-7-13(8-6-12)19(17,18)16-11-14(15)9-3-10-14/h5-8,16H,2-4,9-11,15H2,1H3. The number of sulfonamides is 1. The van der Waals surface area contributed by atoms with Gasteiger partial charge >= 0.3 is 0 Å². The van der Waals surface area contributed by atoms with Crippen LogP contribution in [0.2, 0.25) is 0 Å². The van der Waals surface area contributed by atoms with Gasteiger partial charge in [0.05, 0.1) is 4.90 Å². The van der Waals surface area contributed by atoms with Crippen LogP contribution in [0.3, 0.4) is 0 Å². The van der Waals surface area contributed by atoms with Gasteiger partial charge in [-0.05, 0) is 43.4 Å². The molecule has 0 aromatic heterocycles. The van der Waals surface area contributed by atoms with Gasteiger partial charge in [-0.1, -0.05) is 25.5 Å². The molecule has 0 heterocycles. The van der Waals surface area contributed by atoms with Crippen molar-refractivity contribution < 1.29 is 8.42 Å². The van der Waals surface area contributed by atoms with E-state index in [-0.39, 0.29) is 5.54 Å². The summed E-state index contributed by atoms with van der Waals surface area (Å²) in [5, 5.41) is 0. The molecular weight excluding hydrogens is 260 g/mol. The Labute approximate surface area is 115 Å². The van der Waals surface area contributed by atoms with Crippen LogP contribution in [0.15, 0.2) is 29.2 Å². The van der Waals surface area contributed by atoms with Crippen LogP contribution in [0.4, 0.5) is 0 Å². The van der Waals surface area contributed by atoms with Crippen LogP contribution in [0.5, 0.6) is 0 Å². The topological polar surface area (TPSA) is 72.2 Å². The quantitative estimate of drug-likeness (QED) is 0.835. The van der Waals surface area contributed by atoms with E-state index in [4.69, 9.17) is 5.73 Å². The molecule has 0 bridgehead atoms. The molecule has 2 rings (SSSR count). The lowest BCUT2D eigenvalue weighted by atomic mass is 9.78. The Morgan fingerprint density at radius 1 is 1.26 bits per heavy atom. The van der Waals surface area contributed by atoms with E-state index in [0.717, 1.165) is 37.7 Å². The molecule has 0 amide bonds. The van der Waals surface area contributed by atoms with Crippen molar-refractivity contribution in [1.29, 1.82) is 0 Å². The van der Waals surface area contributed by atoms with Crippen molar-refractivity contribution in [2.24, 2.45) is 5.73 Å². The zero-order valence-electron chi connectivity index (χ0n) is 11.4. The number of aryl methyl sites for hydroxylation is 1. The summed E-state index contributed by atoms with van der Waals surface area (Å²) in [7, 11) is -3.43. The maximum absolute atomic E-state index is 12.1. The van der Waals surface area contributed by atoms with Crippen molar-refractivity contribution in [2.45, 2.75) is 49.5 Å². The van der Waals surface area contributed by atoms with Crippen LogP contribution < -0.4 is 10.5 Å². The van der Waals surface area contributed by atoms with Crippen LogP contribution in [-0.2, 0) is 16.4 Å². The van der Waals surface area contributed by atoms with Crippen LogP contribution in [-0.4, -0.2) is 20.5 Å². The van der Waals surface area contributed by atoms with Gasteiger partial charge in [0.25, 0.3) is 0 Å². The second kappa shape index (κ2) is 5.61. The van der Waals surface area contributed by atoms with E-state index in [2.05, 4.69) is 11.6 Å². The number of rotatable bonds is 6. The highest BCUT2D eigenvalue weighted by atomic mass is 32.2. The van der Waals surface area contributed by atoms with E-state index >= 15 is 0 Å². The van der Waals surface area contributed by atoms with Gasteiger partial charge in [0.15, 0.2) is 0 Å². The summed E-state index contributed by atoms with van der Waals surface area (Å²) in [6, 6.07) is 7.08. The van der Waals surface area contributed by atoms with Crippen LogP contribution in [0.25, 0.3) is 0 Å². The zero-order valence-corrected chi connectivity index (χ0v) is 12.2. The van der Waals surface area contributed by atoms with E-state index in [0.29, 0.717) is 11.4 Å². The number of benzene rings is 1. The summed E-state index contributed by atoms with van der Waals surface area (Å²) in [5.74, 6) is 0. The first-order chi connectivity index (χ1) is 8.95. The molecule has 1 aromatic rings. The normalized spacial score (nSPS) is 18.0. The number of hydrogen-bond donors (Lipinski definition) is 2. The number of hydrogen-bond acceptors (Lipinski definition) is 3. The average Bonchev–Trinajstić information content (AvgIpc) is 2.35. The Morgan fingerprint density at radius 2 is 1.89 bits per heavy atom. The highest BCUT2D eigenvalue weighted by molar-refractivity contribution is 7.89. The van der Waals surface area contributed by atoms with Gasteiger partial charge in [-0.25, -0.2) is 13.1 Å². The Bertz CT molecular complexity index is 519. The minimum atomic E-state index is -3.43. The summed E-state index contributed by atoms with van der Waals surface area (Å²) < 4.78 is 26.9. The maximum atomic E-state index is 12.1. The highest BCUT2D eigenvalue weighted by Gasteiger charge is 2.33. The monoisotopic (exact) mass is 282 g/mol. The fourth-order valence-corrected chi connectivity index (χ4v) is 3.39. The van der Waals surface area contributed by atoms with Crippen molar-refractivity contribution in [3.8, 4) is 0 Å². The van der Waals surface area contributed by atoms with E-state index < -0.39 is 10.0 Å². The first kappa shape index (κ1) is 14.5. The fraction of sp³-hybridized carbons (Fsp3) is 0.571. The van der Waals surface area contributed by atoms with E-state index in [1.807, 2.05) is 12.1 Å². The average molecular weight is 282 g/mol. The summed E-state index contributed by atoms with van der Waals surface area (Å²) in [6.45, 7) is 2.43. The van der Waals surface area contributed by atoms with Gasteiger partial charge in [0.1, 0.15) is 0 Å². The molecule has 19 heavy (non-hydrogen) atoms. The molecule has 1 aromatic carbocycles. The first-order valence-corrected chi connectivity index (χ1v) is 8.31. The molecule has 106 valence electrons. The van der Waals surface area contributed by atoms with Gasteiger partial charge in [-0.3, -0.25) is 0 Å². The van der Waals surface area contributed by atoms with Crippen molar-refractivity contribution in [3.05, 3.63) is 29.8 Å². The Kier molecular flexibility index (Phi) is 4.28. The van der Waals surface area contributed by atoms with Crippen molar-refractivity contribution >= 4 is 10.0 Å². The highest BCUT2D eigenvalue weighted by Crippen LogP contribution is 2.28. The first-order valence-electron chi connectivity index (χ1n) is 6.83. The summed E-state index contributed by atoms with van der Waals surface area (Å²) >= 11 is 0. The molecule has 0 spiro atoms. The molecule has 0 radical (unpaired) electrons. The van der Waals surface area contributed by atoms with Gasteiger partial charge in [-0.15, -0.1) is 0 Å². The lowest BCUT2D eigenvalue weighted by Gasteiger charge is -2.38. The van der Waals surface area contributed by atoms with Crippen LogP contribution >= 0.6 is 0 Å². The SMILES string of the molecule is CCCc1ccc(S(=O)(=O)NCC2(N)CCC2)cc1. The Hall–Kier alpha value is -0.910. The largest absolute Gasteiger partial charge is 0.324 e. The third kappa shape index (κ3) is 3.55. The predicted octanol–water partition coefficient (Wildman–Crippen LogP) is 1.80. The summed E-state index contributed by atoms with van der Waals surface area (Å²) in [5.41, 5.74) is 6.85. The zero-order chi connectivity index (χ0) is 13.9. The summed E-state index contributed by atoms with van der Waals surface area (Å²) in [6.07, 6.45) is 4.90. The van der Waals surface area contributed by atoms with Gasteiger partial charge in [0, 0.05) is 12.1 Å².